The molecule has 4 aliphatic rings. The molecule has 11 nitrogen and oxygen atoms in total. The molecule has 4 aliphatic heterocycles. The summed E-state index contributed by atoms with van der Waals surface area (Å²) in [6, 6.07) is 16.5. The Bertz CT molecular complexity index is 1820. The summed E-state index contributed by atoms with van der Waals surface area (Å²) >= 11 is 6.55. The van der Waals surface area contributed by atoms with E-state index in [4.69, 9.17) is 16.6 Å². The molecule has 8 rings (SSSR count). The molecule has 12 heteroatoms. The molecule has 4 saturated heterocycles. The summed E-state index contributed by atoms with van der Waals surface area (Å²) in [5.74, 6) is 1.73. The number of nitrogens with zero attached hydrogens (tertiary/aromatic N) is 5. The van der Waals surface area contributed by atoms with Crippen LogP contribution in [0, 0.1) is 11.8 Å². The first kappa shape index (κ1) is 33.0. The van der Waals surface area contributed by atoms with Crippen LogP contribution in [-0.2, 0) is 9.59 Å². The number of benzene rings is 2. The van der Waals surface area contributed by atoms with Crippen molar-refractivity contribution in [2.24, 2.45) is 11.8 Å². The molecule has 0 bridgehead atoms. The molecule has 0 radical (unpaired) electrons. The van der Waals surface area contributed by atoms with Gasteiger partial charge in [0.25, 0.3) is 0 Å². The van der Waals surface area contributed by atoms with E-state index in [1.165, 1.54) is 44.6 Å². The average Bonchev–Trinajstić information content (AvgIpc) is 3.75. The Kier molecular flexibility index (Phi) is 9.62. The Morgan fingerprint density at radius 1 is 0.880 bits per heavy atom. The van der Waals surface area contributed by atoms with E-state index < -0.39 is 0 Å². The Morgan fingerprint density at radius 2 is 1.68 bits per heavy atom. The van der Waals surface area contributed by atoms with Gasteiger partial charge in [-0.25, -0.2) is 9.97 Å². The first-order chi connectivity index (χ1) is 24.4. The van der Waals surface area contributed by atoms with Crippen molar-refractivity contribution in [1.29, 1.82) is 0 Å². The Labute approximate surface area is 298 Å². The molecule has 262 valence electrons. The maximum absolute atomic E-state index is 12.1. The summed E-state index contributed by atoms with van der Waals surface area (Å²) in [5, 5.41) is 10.9. The van der Waals surface area contributed by atoms with Gasteiger partial charge in [0.15, 0.2) is 0 Å². The average molecular weight is 696 g/mol. The highest BCUT2D eigenvalue weighted by Gasteiger charge is 2.31. The van der Waals surface area contributed by atoms with Gasteiger partial charge in [-0.15, -0.1) is 0 Å². The molecular formula is C38H46ClN9O2. The molecule has 6 heterocycles. The summed E-state index contributed by atoms with van der Waals surface area (Å²) in [7, 11) is 0. The lowest BCUT2D eigenvalue weighted by molar-refractivity contribution is -0.133. The van der Waals surface area contributed by atoms with E-state index in [2.05, 4.69) is 64.9 Å². The third-order valence-electron chi connectivity index (χ3n) is 11.0. The normalized spacial score (nSPS) is 22.5. The van der Waals surface area contributed by atoms with Crippen LogP contribution >= 0.6 is 11.6 Å². The van der Waals surface area contributed by atoms with Crippen molar-refractivity contribution in [3.63, 3.8) is 0 Å². The number of hydrogen-bond donors (Lipinski definition) is 4. The highest BCUT2D eigenvalue weighted by atomic mass is 35.5. The Morgan fingerprint density at radius 3 is 2.50 bits per heavy atom. The number of fused-ring (bicyclic) bond motifs is 1. The minimum atomic E-state index is -0.353. The van der Waals surface area contributed by atoms with Crippen molar-refractivity contribution in [2.75, 3.05) is 67.9 Å². The zero-order valence-corrected chi connectivity index (χ0v) is 29.2. The number of H-pyrrole nitrogens is 1. The lowest BCUT2D eigenvalue weighted by atomic mass is 9.91. The molecule has 4 N–H and O–H groups in total. The van der Waals surface area contributed by atoms with Crippen molar-refractivity contribution >= 4 is 51.6 Å². The largest absolute Gasteiger partial charge is 0.374 e. The maximum Gasteiger partial charge on any atom is 0.249 e. The number of aromatic amines is 1. The molecule has 4 aromatic rings. The van der Waals surface area contributed by atoms with E-state index in [0.29, 0.717) is 35.8 Å². The molecule has 2 unspecified atom stereocenters. The molecule has 50 heavy (non-hydrogen) atoms. The lowest BCUT2D eigenvalue weighted by Gasteiger charge is -2.44. The number of anilines is 3. The molecule has 2 atom stereocenters. The minimum absolute atomic E-state index is 0.190. The van der Waals surface area contributed by atoms with Crippen LogP contribution in [0.25, 0.3) is 22.2 Å². The van der Waals surface area contributed by atoms with Crippen molar-refractivity contribution < 1.29 is 9.59 Å². The SMILES string of the molecule is O=C1CCC(Nc2ccc(N3CC(CN4CCC(CCN5CCC(Nc6ncc(Cl)c(-c7c[nH]c8ccccc78)n6)C5)CC4)C3)cc2)C(=O)N1. The van der Waals surface area contributed by atoms with Crippen molar-refractivity contribution in [2.45, 2.75) is 50.6 Å². The van der Waals surface area contributed by atoms with Crippen LogP contribution in [0.3, 0.4) is 0 Å². The number of imide groups is 1. The summed E-state index contributed by atoms with van der Waals surface area (Å²) in [4.78, 5) is 43.8. The van der Waals surface area contributed by atoms with E-state index in [9.17, 15) is 9.59 Å². The fraction of sp³-hybridized carbons (Fsp3) is 0.474. The molecule has 2 aromatic carbocycles. The van der Waals surface area contributed by atoms with Gasteiger partial charge in [-0.2, -0.15) is 0 Å². The van der Waals surface area contributed by atoms with E-state index in [1.54, 1.807) is 6.20 Å². The monoisotopic (exact) mass is 695 g/mol. The van der Waals surface area contributed by atoms with Gasteiger partial charge in [-0.1, -0.05) is 29.8 Å². The quantitative estimate of drug-likeness (QED) is 0.157. The fourth-order valence-electron chi connectivity index (χ4n) is 8.11. The van der Waals surface area contributed by atoms with Gasteiger partial charge in [0.1, 0.15) is 6.04 Å². The topological polar surface area (TPSA) is 122 Å². The standard InChI is InChI=1S/C38H46ClN9O2/c39-32-20-41-38(45-36(32)31-19-40-33-4-2-1-3-30(31)33)43-28-14-18-47(24-28)17-13-25-11-15-46(16-12-25)21-26-22-48(23-26)29-7-5-27(6-8-29)42-34-9-10-35(49)44-37(34)50/h1-8,19-20,25-26,28,34,40,42H,9-18,21-24H2,(H,41,43,45)(H,44,49,50). The molecule has 0 spiro atoms. The van der Waals surface area contributed by atoms with Crippen molar-refractivity contribution in [3.8, 4) is 11.3 Å². The van der Waals surface area contributed by atoms with Gasteiger partial charge in [0.2, 0.25) is 17.8 Å². The number of amides is 2. The van der Waals surface area contributed by atoms with Gasteiger partial charge >= 0.3 is 0 Å². The number of carbonyl (C=O) groups is 2. The minimum Gasteiger partial charge on any atom is -0.374 e. The first-order valence-electron chi connectivity index (χ1n) is 18.2. The van der Waals surface area contributed by atoms with Crippen LogP contribution in [0.2, 0.25) is 5.02 Å². The third-order valence-corrected chi connectivity index (χ3v) is 11.3. The van der Waals surface area contributed by atoms with Crippen molar-refractivity contribution in [3.05, 3.63) is 65.9 Å². The predicted molar refractivity (Wildman–Crippen MR) is 199 cm³/mol. The van der Waals surface area contributed by atoms with E-state index in [-0.39, 0.29) is 17.9 Å². The molecule has 2 aromatic heterocycles. The Hall–Kier alpha value is -4.19. The molecule has 0 aliphatic carbocycles. The van der Waals surface area contributed by atoms with E-state index >= 15 is 0 Å². The van der Waals surface area contributed by atoms with Gasteiger partial charge < -0.3 is 30.3 Å². The number of aromatic nitrogens is 3. The number of nitrogens with one attached hydrogen (secondary N) is 4. The number of piperidine rings is 2. The van der Waals surface area contributed by atoms with E-state index in [1.807, 2.05) is 30.5 Å². The number of hydrogen-bond acceptors (Lipinski definition) is 9. The zero-order chi connectivity index (χ0) is 34.0. The van der Waals surface area contributed by atoms with Gasteiger partial charge in [-0.3, -0.25) is 14.9 Å². The summed E-state index contributed by atoms with van der Waals surface area (Å²) in [6.07, 6.45) is 9.55. The maximum atomic E-state index is 12.1. The second-order valence-electron chi connectivity index (χ2n) is 14.6. The summed E-state index contributed by atoms with van der Waals surface area (Å²) < 4.78 is 0. The smallest absolute Gasteiger partial charge is 0.249 e. The molecular weight excluding hydrogens is 650 g/mol. The number of likely N-dealkylation sites (tertiary alicyclic amines) is 2. The lowest BCUT2D eigenvalue weighted by Crippen LogP contribution is -2.52. The van der Waals surface area contributed by atoms with Crippen LogP contribution in [0.5, 0.6) is 0 Å². The molecule has 0 saturated carbocycles. The second-order valence-corrected chi connectivity index (χ2v) is 15.0. The van der Waals surface area contributed by atoms with Crippen LogP contribution in [0.1, 0.15) is 38.5 Å². The van der Waals surface area contributed by atoms with Gasteiger partial charge in [0.05, 0.1) is 16.9 Å². The fourth-order valence-corrected chi connectivity index (χ4v) is 8.31. The van der Waals surface area contributed by atoms with Crippen LogP contribution in [0.15, 0.2) is 60.9 Å². The number of halogens is 1. The third kappa shape index (κ3) is 7.45. The number of carbonyl (C=O) groups excluding carboxylic acids is 2. The Balaban J connectivity index is 0.728. The van der Waals surface area contributed by atoms with Gasteiger partial charge in [-0.05, 0) is 88.0 Å². The zero-order valence-electron chi connectivity index (χ0n) is 28.4. The molecule has 2 amide bonds. The summed E-state index contributed by atoms with van der Waals surface area (Å²) in [6.45, 7) is 9.07. The predicted octanol–water partition coefficient (Wildman–Crippen LogP) is 5.22. The molecule has 4 fully saturated rings. The van der Waals surface area contributed by atoms with E-state index in [0.717, 1.165) is 72.9 Å². The van der Waals surface area contributed by atoms with Crippen LogP contribution in [0.4, 0.5) is 17.3 Å². The highest BCUT2D eigenvalue weighted by Crippen LogP contribution is 2.33. The first-order valence-corrected chi connectivity index (χ1v) is 18.6. The summed E-state index contributed by atoms with van der Waals surface area (Å²) in [5.41, 5.74) is 4.95. The number of para-hydroxylation sites is 1. The second kappa shape index (κ2) is 14.6. The highest BCUT2D eigenvalue weighted by molar-refractivity contribution is 6.33. The number of rotatable bonds is 11. The van der Waals surface area contributed by atoms with Crippen LogP contribution in [-0.4, -0.2) is 101 Å². The van der Waals surface area contributed by atoms with Crippen LogP contribution < -0.4 is 20.9 Å². The van der Waals surface area contributed by atoms with Crippen molar-refractivity contribution in [1.82, 2.24) is 30.1 Å². The van der Waals surface area contributed by atoms with Gasteiger partial charge in [0, 0.05) is 85.1 Å².